The molecule has 0 heterocycles. The minimum absolute atomic E-state index is 0.153. The zero-order valence-electron chi connectivity index (χ0n) is 13.9. The number of rotatable bonds is 8. The first-order valence-corrected chi connectivity index (χ1v) is 8.16. The van der Waals surface area contributed by atoms with Crippen molar-refractivity contribution in [2.45, 2.75) is 26.2 Å². The van der Waals surface area contributed by atoms with Gasteiger partial charge >= 0.3 is 0 Å². The summed E-state index contributed by atoms with van der Waals surface area (Å²) < 4.78 is 13.1. The number of carbonyl (C=O) groups is 1. The lowest BCUT2D eigenvalue weighted by Gasteiger charge is -2.11. The first kappa shape index (κ1) is 17.9. The van der Waals surface area contributed by atoms with Gasteiger partial charge in [-0.3, -0.25) is 10.2 Å². The molecule has 4 nitrogen and oxygen atoms in total. The third kappa shape index (κ3) is 5.66. The van der Waals surface area contributed by atoms with Crippen molar-refractivity contribution >= 4 is 11.6 Å². The normalized spacial score (nSPS) is 11.8. The van der Waals surface area contributed by atoms with Gasteiger partial charge in [0.25, 0.3) is 0 Å². The van der Waals surface area contributed by atoms with Crippen LogP contribution in [0.4, 0.5) is 10.1 Å². The molecule has 2 aromatic carbocycles. The number of amides is 1. The first-order valence-electron chi connectivity index (χ1n) is 8.16. The fourth-order valence-corrected chi connectivity index (χ4v) is 2.56. The molecular formula is C19H24FN3O. The number of anilines is 1. The summed E-state index contributed by atoms with van der Waals surface area (Å²) in [5, 5.41) is 3.35. The summed E-state index contributed by atoms with van der Waals surface area (Å²) in [5.74, 6) is 4.64. The van der Waals surface area contributed by atoms with Gasteiger partial charge in [-0.15, -0.1) is 0 Å². The van der Waals surface area contributed by atoms with Crippen LogP contribution in [0.1, 0.15) is 24.5 Å². The van der Waals surface area contributed by atoms with Crippen LogP contribution >= 0.6 is 0 Å². The predicted molar refractivity (Wildman–Crippen MR) is 94.9 cm³/mol. The lowest BCUT2D eigenvalue weighted by Crippen LogP contribution is -2.35. The van der Waals surface area contributed by atoms with E-state index < -0.39 is 0 Å². The Balaban J connectivity index is 1.74. The van der Waals surface area contributed by atoms with Crippen LogP contribution in [0.2, 0.25) is 0 Å². The molecule has 5 heteroatoms. The second-order valence-corrected chi connectivity index (χ2v) is 5.97. The quantitative estimate of drug-likeness (QED) is 0.302. The van der Waals surface area contributed by atoms with Crippen molar-refractivity contribution in [3.05, 3.63) is 65.5 Å². The summed E-state index contributed by atoms with van der Waals surface area (Å²) in [6.45, 7) is 2.67. The zero-order chi connectivity index (χ0) is 17.4. The number of hydrogen-bond donors (Lipinski definition) is 3. The second kappa shape index (κ2) is 9.03. The van der Waals surface area contributed by atoms with Gasteiger partial charge in [-0.1, -0.05) is 31.2 Å². The predicted octanol–water partition coefficient (Wildman–Crippen LogP) is 3.04. The fraction of sp³-hybridized carbons (Fsp3) is 0.316. The van der Waals surface area contributed by atoms with E-state index in [1.807, 2.05) is 37.3 Å². The molecule has 0 spiro atoms. The average Bonchev–Trinajstić information content (AvgIpc) is 2.59. The summed E-state index contributed by atoms with van der Waals surface area (Å²) in [7, 11) is 0. The largest absolute Gasteiger partial charge is 0.385 e. The third-order valence-corrected chi connectivity index (χ3v) is 3.95. The molecule has 2 rings (SSSR count). The Morgan fingerprint density at radius 3 is 2.58 bits per heavy atom. The Morgan fingerprint density at radius 1 is 1.17 bits per heavy atom. The highest BCUT2D eigenvalue weighted by Gasteiger charge is 2.11. The molecule has 1 unspecified atom stereocenters. The third-order valence-electron chi connectivity index (χ3n) is 3.95. The molecule has 0 aromatic heterocycles. The smallest absolute Gasteiger partial charge is 0.237 e. The highest BCUT2D eigenvalue weighted by Crippen LogP contribution is 2.14. The summed E-state index contributed by atoms with van der Waals surface area (Å²) in [4.78, 5) is 11.4. The molecule has 0 fully saturated rings. The maximum absolute atomic E-state index is 13.1. The molecule has 0 saturated heterocycles. The van der Waals surface area contributed by atoms with Crippen LogP contribution in [0.5, 0.6) is 0 Å². The molecule has 128 valence electrons. The van der Waals surface area contributed by atoms with Crippen LogP contribution in [-0.4, -0.2) is 12.5 Å². The van der Waals surface area contributed by atoms with E-state index in [1.165, 1.54) is 6.07 Å². The van der Waals surface area contributed by atoms with Gasteiger partial charge in [0.1, 0.15) is 5.82 Å². The van der Waals surface area contributed by atoms with Crippen molar-refractivity contribution in [1.29, 1.82) is 0 Å². The van der Waals surface area contributed by atoms with Crippen molar-refractivity contribution in [3.8, 4) is 0 Å². The minimum atomic E-state index is -0.186. The lowest BCUT2D eigenvalue weighted by molar-refractivity contribution is -0.124. The Kier molecular flexibility index (Phi) is 6.75. The SMILES string of the molecule is CC(Cc1ccc(NCCCc2cccc(F)c2)cc1)C(=O)NN. The van der Waals surface area contributed by atoms with Crippen LogP contribution in [0, 0.1) is 11.7 Å². The van der Waals surface area contributed by atoms with Crippen LogP contribution in [0.25, 0.3) is 0 Å². The van der Waals surface area contributed by atoms with Gasteiger partial charge in [0.15, 0.2) is 0 Å². The summed E-state index contributed by atoms with van der Waals surface area (Å²) >= 11 is 0. The number of benzene rings is 2. The molecule has 2 aromatic rings. The maximum Gasteiger partial charge on any atom is 0.237 e. The van der Waals surface area contributed by atoms with E-state index >= 15 is 0 Å². The number of carbonyl (C=O) groups excluding carboxylic acids is 1. The number of aryl methyl sites for hydroxylation is 1. The number of nitrogens with two attached hydrogens (primary N) is 1. The molecule has 0 aliphatic heterocycles. The van der Waals surface area contributed by atoms with Crippen LogP contribution in [0.3, 0.4) is 0 Å². The van der Waals surface area contributed by atoms with Gasteiger partial charge < -0.3 is 5.32 Å². The molecule has 4 N–H and O–H groups in total. The Hall–Kier alpha value is -2.40. The van der Waals surface area contributed by atoms with E-state index in [9.17, 15) is 9.18 Å². The van der Waals surface area contributed by atoms with E-state index in [-0.39, 0.29) is 17.6 Å². The summed E-state index contributed by atoms with van der Waals surface area (Å²) in [6, 6.07) is 14.7. The molecule has 1 amide bonds. The fourth-order valence-electron chi connectivity index (χ4n) is 2.56. The molecule has 1 atom stereocenters. The molecule has 0 bridgehead atoms. The van der Waals surface area contributed by atoms with Crippen molar-refractivity contribution in [1.82, 2.24) is 5.43 Å². The number of hydrazine groups is 1. The van der Waals surface area contributed by atoms with E-state index in [2.05, 4.69) is 10.7 Å². The van der Waals surface area contributed by atoms with Crippen molar-refractivity contribution < 1.29 is 9.18 Å². The molecular weight excluding hydrogens is 305 g/mol. The Morgan fingerprint density at radius 2 is 1.92 bits per heavy atom. The van der Waals surface area contributed by atoms with Gasteiger partial charge in [-0.25, -0.2) is 10.2 Å². The first-order chi connectivity index (χ1) is 11.6. The highest BCUT2D eigenvalue weighted by atomic mass is 19.1. The Labute approximate surface area is 142 Å². The van der Waals surface area contributed by atoms with Crippen molar-refractivity contribution in [2.24, 2.45) is 11.8 Å². The molecule has 0 aliphatic rings. The summed E-state index contributed by atoms with van der Waals surface area (Å²) in [6.07, 6.45) is 2.43. The van der Waals surface area contributed by atoms with Crippen molar-refractivity contribution in [3.63, 3.8) is 0 Å². The number of nitrogens with one attached hydrogen (secondary N) is 2. The molecule has 0 saturated carbocycles. The highest BCUT2D eigenvalue weighted by molar-refractivity contribution is 5.77. The van der Waals surface area contributed by atoms with E-state index in [0.29, 0.717) is 6.42 Å². The summed E-state index contributed by atoms with van der Waals surface area (Å²) in [5.41, 5.74) is 5.32. The van der Waals surface area contributed by atoms with E-state index in [0.717, 1.165) is 36.2 Å². The average molecular weight is 329 g/mol. The van der Waals surface area contributed by atoms with E-state index in [1.54, 1.807) is 12.1 Å². The van der Waals surface area contributed by atoms with E-state index in [4.69, 9.17) is 5.84 Å². The zero-order valence-corrected chi connectivity index (χ0v) is 13.9. The monoisotopic (exact) mass is 329 g/mol. The Bertz CT molecular complexity index is 658. The molecule has 0 aliphatic carbocycles. The van der Waals surface area contributed by atoms with Gasteiger partial charge in [0.05, 0.1) is 0 Å². The topological polar surface area (TPSA) is 67.2 Å². The standard InChI is InChI=1S/C19H24FN3O/c1-14(19(24)23-21)12-16-7-9-18(10-8-16)22-11-3-5-15-4-2-6-17(20)13-15/h2,4,6-10,13-14,22H,3,5,11-12,21H2,1H3,(H,23,24). The number of hydrogen-bond acceptors (Lipinski definition) is 3. The second-order valence-electron chi connectivity index (χ2n) is 5.97. The van der Waals surface area contributed by atoms with Gasteiger partial charge in [0, 0.05) is 18.2 Å². The van der Waals surface area contributed by atoms with Gasteiger partial charge in [-0.2, -0.15) is 0 Å². The van der Waals surface area contributed by atoms with Crippen LogP contribution < -0.4 is 16.6 Å². The van der Waals surface area contributed by atoms with Crippen LogP contribution in [-0.2, 0) is 17.6 Å². The van der Waals surface area contributed by atoms with Gasteiger partial charge in [-0.05, 0) is 54.7 Å². The maximum atomic E-state index is 13.1. The number of halogens is 1. The van der Waals surface area contributed by atoms with Crippen molar-refractivity contribution in [2.75, 3.05) is 11.9 Å². The molecule has 24 heavy (non-hydrogen) atoms. The minimum Gasteiger partial charge on any atom is -0.385 e. The van der Waals surface area contributed by atoms with Crippen LogP contribution in [0.15, 0.2) is 48.5 Å². The molecule has 0 radical (unpaired) electrons. The lowest BCUT2D eigenvalue weighted by atomic mass is 10.0. The van der Waals surface area contributed by atoms with Gasteiger partial charge in [0.2, 0.25) is 5.91 Å².